The Morgan fingerprint density at radius 1 is 1.47 bits per heavy atom. The molecule has 1 aliphatic heterocycles. The molecule has 6 nitrogen and oxygen atoms in total. The maximum atomic E-state index is 11.8. The predicted octanol–water partition coefficient (Wildman–Crippen LogP) is -0.266. The maximum Gasteiger partial charge on any atom is 0.334 e. The molecule has 1 heterocycles. The third kappa shape index (κ3) is 4.70. The Kier molecular flexibility index (Phi) is 5.93. The lowest BCUT2D eigenvalue weighted by molar-refractivity contribution is -0.148. The Labute approximate surface area is 101 Å². The molecule has 98 valence electrons. The van der Waals surface area contributed by atoms with Gasteiger partial charge in [-0.15, -0.1) is 0 Å². The monoisotopic (exact) mass is 244 g/mol. The topological polar surface area (TPSA) is 87.7 Å². The summed E-state index contributed by atoms with van der Waals surface area (Å²) in [6, 6.07) is -0.205. The molecular weight excluding hydrogens is 224 g/mol. The Hall–Kier alpha value is -1.14. The summed E-state index contributed by atoms with van der Waals surface area (Å²) in [6.45, 7) is 0.841. The molecule has 1 saturated heterocycles. The molecule has 2 unspecified atom stereocenters. The van der Waals surface area contributed by atoms with E-state index in [1.54, 1.807) is 0 Å². The first kappa shape index (κ1) is 13.9. The molecule has 0 radical (unpaired) electrons. The van der Waals surface area contributed by atoms with Crippen LogP contribution in [0.3, 0.4) is 0 Å². The van der Waals surface area contributed by atoms with Crippen molar-refractivity contribution >= 4 is 11.9 Å². The second-order valence-electron chi connectivity index (χ2n) is 4.16. The first-order chi connectivity index (χ1) is 8.15. The molecule has 3 N–H and O–H groups in total. The summed E-state index contributed by atoms with van der Waals surface area (Å²) in [6.07, 6.45) is 3.06. The number of amides is 1. The molecule has 6 heteroatoms. The van der Waals surface area contributed by atoms with E-state index < -0.39 is 12.1 Å². The van der Waals surface area contributed by atoms with E-state index in [0.717, 1.165) is 32.2 Å². The van der Waals surface area contributed by atoms with Crippen molar-refractivity contribution in [2.75, 3.05) is 20.2 Å². The fourth-order valence-corrected chi connectivity index (χ4v) is 1.84. The average Bonchev–Trinajstić information content (AvgIpc) is 2.57. The van der Waals surface area contributed by atoms with Gasteiger partial charge in [0.25, 0.3) is 0 Å². The zero-order valence-corrected chi connectivity index (χ0v) is 10.1. The molecule has 17 heavy (non-hydrogen) atoms. The molecule has 0 aromatic carbocycles. The third-order valence-corrected chi connectivity index (χ3v) is 2.90. The summed E-state index contributed by atoms with van der Waals surface area (Å²) in [5.41, 5.74) is 0. The van der Waals surface area contributed by atoms with E-state index >= 15 is 0 Å². The minimum Gasteiger partial charge on any atom is -0.479 e. The minimum atomic E-state index is -1.07. The molecule has 1 amide bonds. The smallest absolute Gasteiger partial charge is 0.334 e. The van der Waals surface area contributed by atoms with Crippen molar-refractivity contribution < 1.29 is 19.4 Å². The van der Waals surface area contributed by atoms with Crippen LogP contribution in [-0.2, 0) is 14.3 Å². The third-order valence-electron chi connectivity index (χ3n) is 2.90. The highest BCUT2D eigenvalue weighted by Crippen LogP contribution is 2.08. The summed E-state index contributed by atoms with van der Waals surface area (Å²) in [5, 5.41) is 14.5. The number of carboxylic acid groups (broad SMARTS) is 1. The molecule has 1 fully saturated rings. The fourth-order valence-electron chi connectivity index (χ4n) is 1.84. The van der Waals surface area contributed by atoms with E-state index in [-0.39, 0.29) is 18.5 Å². The lowest BCUT2D eigenvalue weighted by Gasteiger charge is -2.17. The largest absolute Gasteiger partial charge is 0.479 e. The molecule has 1 aliphatic rings. The van der Waals surface area contributed by atoms with Crippen molar-refractivity contribution in [3.05, 3.63) is 0 Å². The molecule has 0 aromatic rings. The Morgan fingerprint density at radius 3 is 2.88 bits per heavy atom. The number of carbonyl (C=O) groups is 2. The van der Waals surface area contributed by atoms with Gasteiger partial charge < -0.3 is 20.5 Å². The van der Waals surface area contributed by atoms with Crippen LogP contribution in [0.4, 0.5) is 0 Å². The van der Waals surface area contributed by atoms with Crippen molar-refractivity contribution in [1.82, 2.24) is 10.6 Å². The summed E-state index contributed by atoms with van der Waals surface area (Å²) >= 11 is 0. The van der Waals surface area contributed by atoms with Gasteiger partial charge in [0.1, 0.15) is 0 Å². The molecule has 1 rings (SSSR count). The van der Waals surface area contributed by atoms with Gasteiger partial charge >= 0.3 is 5.97 Å². The quantitative estimate of drug-likeness (QED) is 0.620. The highest BCUT2D eigenvalue weighted by atomic mass is 16.5. The number of methoxy groups -OCH3 is 1. The van der Waals surface area contributed by atoms with Crippen LogP contribution in [0.2, 0.25) is 0 Å². The maximum absolute atomic E-state index is 11.8. The molecule has 0 spiro atoms. The van der Waals surface area contributed by atoms with Crippen LogP contribution in [0.5, 0.6) is 0 Å². The van der Waals surface area contributed by atoms with Crippen molar-refractivity contribution in [2.45, 2.75) is 37.8 Å². The Morgan fingerprint density at radius 2 is 2.24 bits per heavy atom. The number of rotatable bonds is 5. The van der Waals surface area contributed by atoms with E-state index in [0.29, 0.717) is 0 Å². The van der Waals surface area contributed by atoms with Crippen LogP contribution < -0.4 is 10.6 Å². The SMILES string of the molecule is COC(CNC(=O)C1CCCCCN1)C(=O)O. The zero-order valence-electron chi connectivity index (χ0n) is 10.1. The van der Waals surface area contributed by atoms with Gasteiger partial charge in [-0.25, -0.2) is 4.79 Å². The zero-order chi connectivity index (χ0) is 12.7. The Bertz CT molecular complexity index is 262. The summed E-state index contributed by atoms with van der Waals surface area (Å²) in [7, 11) is 1.31. The second-order valence-corrected chi connectivity index (χ2v) is 4.16. The highest BCUT2D eigenvalue weighted by molar-refractivity contribution is 5.82. The lowest BCUT2D eigenvalue weighted by atomic mass is 10.1. The number of aliphatic carboxylic acids is 1. The highest BCUT2D eigenvalue weighted by Gasteiger charge is 2.22. The molecule has 2 atom stereocenters. The fraction of sp³-hybridized carbons (Fsp3) is 0.818. The van der Waals surface area contributed by atoms with Crippen molar-refractivity contribution in [1.29, 1.82) is 0 Å². The van der Waals surface area contributed by atoms with Gasteiger partial charge in [-0.3, -0.25) is 4.79 Å². The van der Waals surface area contributed by atoms with Crippen LogP contribution in [0.1, 0.15) is 25.7 Å². The summed E-state index contributed by atoms with van der Waals surface area (Å²) in [4.78, 5) is 22.5. The van der Waals surface area contributed by atoms with Gasteiger partial charge in [0.05, 0.1) is 12.6 Å². The van der Waals surface area contributed by atoms with Gasteiger partial charge in [-0.05, 0) is 19.4 Å². The minimum absolute atomic E-state index is 0.00282. The molecule has 0 bridgehead atoms. The van der Waals surface area contributed by atoms with E-state index in [2.05, 4.69) is 10.6 Å². The molecule has 0 saturated carbocycles. The number of nitrogens with one attached hydrogen (secondary N) is 2. The lowest BCUT2D eigenvalue weighted by Crippen LogP contribution is -2.47. The molecule has 0 aliphatic carbocycles. The van der Waals surface area contributed by atoms with E-state index in [1.807, 2.05) is 0 Å². The van der Waals surface area contributed by atoms with Crippen LogP contribution >= 0.6 is 0 Å². The standard InChI is InChI=1S/C11H20N2O4/c1-17-9(11(15)16)7-13-10(14)8-5-3-2-4-6-12-8/h8-9,12H,2-7H2,1H3,(H,13,14)(H,15,16). The number of carboxylic acids is 1. The van der Waals surface area contributed by atoms with Gasteiger partial charge in [0, 0.05) is 7.11 Å². The molecular formula is C11H20N2O4. The van der Waals surface area contributed by atoms with E-state index in [1.165, 1.54) is 7.11 Å². The molecule has 0 aromatic heterocycles. The number of carbonyl (C=O) groups excluding carboxylic acids is 1. The second kappa shape index (κ2) is 7.24. The van der Waals surface area contributed by atoms with Crippen molar-refractivity contribution in [3.8, 4) is 0 Å². The van der Waals surface area contributed by atoms with E-state index in [4.69, 9.17) is 9.84 Å². The normalized spacial score (nSPS) is 22.5. The van der Waals surface area contributed by atoms with Crippen LogP contribution in [-0.4, -0.2) is 49.3 Å². The summed E-state index contributed by atoms with van der Waals surface area (Å²) in [5.74, 6) is -1.21. The van der Waals surface area contributed by atoms with Crippen molar-refractivity contribution in [3.63, 3.8) is 0 Å². The first-order valence-electron chi connectivity index (χ1n) is 5.92. The van der Waals surface area contributed by atoms with Crippen LogP contribution in [0.15, 0.2) is 0 Å². The van der Waals surface area contributed by atoms with Gasteiger partial charge in [-0.1, -0.05) is 12.8 Å². The van der Waals surface area contributed by atoms with Crippen molar-refractivity contribution in [2.24, 2.45) is 0 Å². The first-order valence-corrected chi connectivity index (χ1v) is 5.92. The number of ether oxygens (including phenoxy) is 1. The summed E-state index contributed by atoms with van der Waals surface area (Å²) < 4.78 is 4.74. The number of hydrogen-bond donors (Lipinski definition) is 3. The van der Waals surface area contributed by atoms with Crippen LogP contribution in [0, 0.1) is 0 Å². The van der Waals surface area contributed by atoms with Gasteiger partial charge in [0.2, 0.25) is 5.91 Å². The number of hydrogen-bond acceptors (Lipinski definition) is 4. The Balaban J connectivity index is 2.34. The van der Waals surface area contributed by atoms with E-state index in [9.17, 15) is 9.59 Å². The van der Waals surface area contributed by atoms with Gasteiger partial charge in [-0.2, -0.15) is 0 Å². The average molecular weight is 244 g/mol. The van der Waals surface area contributed by atoms with Crippen LogP contribution in [0.25, 0.3) is 0 Å². The predicted molar refractivity (Wildman–Crippen MR) is 61.7 cm³/mol. The van der Waals surface area contributed by atoms with Gasteiger partial charge in [0.15, 0.2) is 6.10 Å².